The third-order valence-electron chi connectivity index (χ3n) is 3.66. The van der Waals surface area contributed by atoms with Crippen molar-refractivity contribution in [3.05, 3.63) is 0 Å². The third kappa shape index (κ3) is 7.00. The number of unbranched alkanes of at least 4 members (excludes halogenated alkanes) is 3. The van der Waals surface area contributed by atoms with Crippen LogP contribution in [0.3, 0.4) is 0 Å². The molecule has 0 heterocycles. The van der Waals surface area contributed by atoms with Crippen LogP contribution in [0.2, 0.25) is 20.8 Å². The van der Waals surface area contributed by atoms with E-state index in [1.807, 2.05) is 0 Å². The van der Waals surface area contributed by atoms with Gasteiger partial charge >= 0.3 is 107 Å². The Labute approximate surface area is 107 Å². The Kier molecular flexibility index (Phi) is 11.1. The molecule has 0 saturated heterocycles. The monoisotopic (exact) mass is 289 g/mol. The van der Waals surface area contributed by atoms with Gasteiger partial charge in [-0.3, -0.25) is 0 Å². The summed E-state index contributed by atoms with van der Waals surface area (Å²) in [6.45, 7) is 9.47. The zero-order valence-corrected chi connectivity index (χ0v) is 14.1. The fourth-order valence-electron chi connectivity index (χ4n) is 2.63. The van der Waals surface area contributed by atoms with E-state index < -0.39 is 13.6 Å². The minimum absolute atomic E-state index is 1.23. The molecule has 0 bridgehead atoms. The molecule has 0 aliphatic rings. The maximum absolute atomic E-state index is 2.40. The first-order valence-electron chi connectivity index (χ1n) is 7.59. The molecule has 0 aromatic carbocycles. The predicted octanol–water partition coefficient (Wildman–Crippen LogP) is 6.25. The predicted molar refractivity (Wildman–Crippen MR) is 80.0 cm³/mol. The third-order valence-corrected chi connectivity index (χ3v) is 14.5. The number of rotatable bonds is 11. The van der Waals surface area contributed by atoms with Crippen molar-refractivity contribution in [1.29, 1.82) is 0 Å². The molecule has 0 aliphatic heterocycles. The summed E-state index contributed by atoms with van der Waals surface area (Å²) in [6, 6.07) is 0. The molecule has 1 heteroatoms. The first-order chi connectivity index (χ1) is 7.74. The van der Waals surface area contributed by atoms with Gasteiger partial charge in [-0.2, -0.15) is 0 Å². The van der Waals surface area contributed by atoms with Crippen LogP contribution in [0.5, 0.6) is 0 Å². The molecule has 0 N–H and O–H groups in total. The van der Waals surface area contributed by atoms with E-state index in [1.54, 1.807) is 20.8 Å². The van der Waals surface area contributed by atoms with E-state index in [4.69, 9.17) is 0 Å². The average Bonchev–Trinajstić information content (AvgIpc) is 2.31. The first-order valence-corrected chi connectivity index (χ1v) is 12.9. The Balaban J connectivity index is 4.32. The second kappa shape index (κ2) is 10.7. The van der Waals surface area contributed by atoms with Crippen molar-refractivity contribution in [3.8, 4) is 0 Å². The van der Waals surface area contributed by atoms with Gasteiger partial charge in [-0.25, -0.2) is 0 Å². The molecule has 0 radical (unpaired) electrons. The van der Waals surface area contributed by atoms with E-state index >= 15 is 0 Å². The van der Waals surface area contributed by atoms with E-state index in [0.29, 0.717) is 0 Å². The molecule has 0 rings (SSSR count). The number of hydrogen-bond donors (Lipinski definition) is 0. The molecule has 0 aliphatic carbocycles. The first kappa shape index (κ1) is 16.6. The number of hydrogen-bond acceptors (Lipinski definition) is 0. The molecule has 98 valence electrons. The van der Waals surface area contributed by atoms with Gasteiger partial charge in [0.2, 0.25) is 0 Å². The van der Waals surface area contributed by atoms with Crippen LogP contribution < -0.4 is 0 Å². The standard InChI is InChI=1S/C15H34As/c1-5-9-13-16(12-8-4,14-10-6-2)15-11-7-3/h5-15H2,1-4H3/q+1. The van der Waals surface area contributed by atoms with Crippen LogP contribution in [0.25, 0.3) is 0 Å². The van der Waals surface area contributed by atoms with E-state index in [0.717, 1.165) is 0 Å². The summed E-state index contributed by atoms with van der Waals surface area (Å²) in [4.78, 5) is 0. The second-order valence-corrected chi connectivity index (χ2v) is 14.7. The molecule has 16 heavy (non-hydrogen) atoms. The van der Waals surface area contributed by atoms with Gasteiger partial charge in [0, 0.05) is 0 Å². The van der Waals surface area contributed by atoms with E-state index in [9.17, 15) is 0 Å². The Morgan fingerprint density at radius 2 is 0.875 bits per heavy atom. The van der Waals surface area contributed by atoms with Gasteiger partial charge in [0.25, 0.3) is 0 Å². The van der Waals surface area contributed by atoms with Crippen LogP contribution in [0.4, 0.5) is 0 Å². The molecule has 0 nitrogen and oxygen atoms in total. The minimum atomic E-state index is -1.23. The van der Waals surface area contributed by atoms with Crippen LogP contribution in [-0.4, -0.2) is 13.6 Å². The summed E-state index contributed by atoms with van der Waals surface area (Å²) in [5.74, 6) is 0. The molecule has 0 spiro atoms. The van der Waals surface area contributed by atoms with Crippen molar-refractivity contribution in [2.45, 2.75) is 93.5 Å². The van der Waals surface area contributed by atoms with Gasteiger partial charge in [-0.05, 0) is 0 Å². The summed E-state index contributed by atoms with van der Waals surface area (Å²) >= 11 is -1.23. The second-order valence-electron chi connectivity index (χ2n) is 5.30. The molecular formula is C15H34As+. The summed E-state index contributed by atoms with van der Waals surface area (Å²) in [7, 11) is 0. The van der Waals surface area contributed by atoms with Crippen molar-refractivity contribution in [2.24, 2.45) is 0 Å². The van der Waals surface area contributed by atoms with Crippen LogP contribution in [-0.2, 0) is 0 Å². The molecule has 0 saturated carbocycles. The molecule has 0 amide bonds. The van der Waals surface area contributed by atoms with Crippen molar-refractivity contribution in [2.75, 3.05) is 0 Å². The zero-order valence-electron chi connectivity index (χ0n) is 12.2. The van der Waals surface area contributed by atoms with Crippen molar-refractivity contribution in [3.63, 3.8) is 0 Å². The molecule has 0 fully saturated rings. The molecule has 0 unspecified atom stereocenters. The zero-order chi connectivity index (χ0) is 12.3. The molecule has 0 aromatic heterocycles. The van der Waals surface area contributed by atoms with E-state index in [2.05, 4.69) is 27.7 Å². The molecule has 0 aromatic rings. The van der Waals surface area contributed by atoms with Crippen LogP contribution in [0, 0.1) is 0 Å². The van der Waals surface area contributed by atoms with Gasteiger partial charge < -0.3 is 0 Å². The van der Waals surface area contributed by atoms with Gasteiger partial charge in [0.1, 0.15) is 0 Å². The summed E-state index contributed by atoms with van der Waals surface area (Å²) in [5, 5.41) is 6.60. The topological polar surface area (TPSA) is 0 Å². The van der Waals surface area contributed by atoms with E-state index in [-0.39, 0.29) is 0 Å². The van der Waals surface area contributed by atoms with Gasteiger partial charge in [-0.15, -0.1) is 0 Å². The normalized spacial score (nSPS) is 12.0. The van der Waals surface area contributed by atoms with Crippen LogP contribution >= 0.6 is 0 Å². The molecular weight excluding hydrogens is 255 g/mol. The van der Waals surface area contributed by atoms with Crippen LogP contribution in [0.1, 0.15) is 72.6 Å². The maximum atomic E-state index is 2.40. The van der Waals surface area contributed by atoms with E-state index in [1.165, 1.54) is 44.9 Å². The van der Waals surface area contributed by atoms with Crippen LogP contribution in [0.15, 0.2) is 0 Å². The van der Waals surface area contributed by atoms with Gasteiger partial charge in [0.15, 0.2) is 0 Å². The Morgan fingerprint density at radius 3 is 1.12 bits per heavy atom. The quantitative estimate of drug-likeness (QED) is 0.395. The summed E-state index contributed by atoms with van der Waals surface area (Å²) in [6.07, 6.45) is 10.2. The fourth-order valence-corrected chi connectivity index (χ4v) is 13.6. The Morgan fingerprint density at radius 1 is 0.500 bits per heavy atom. The van der Waals surface area contributed by atoms with Crippen molar-refractivity contribution in [1.82, 2.24) is 0 Å². The average molecular weight is 289 g/mol. The Bertz CT molecular complexity index is 121. The summed E-state index contributed by atoms with van der Waals surface area (Å²) in [5.41, 5.74) is 0. The summed E-state index contributed by atoms with van der Waals surface area (Å²) < 4.78 is 0. The van der Waals surface area contributed by atoms with Gasteiger partial charge in [0.05, 0.1) is 0 Å². The van der Waals surface area contributed by atoms with Crippen molar-refractivity contribution < 1.29 is 0 Å². The fraction of sp³-hybridized carbons (Fsp3) is 1.00. The van der Waals surface area contributed by atoms with Gasteiger partial charge in [-0.1, -0.05) is 0 Å². The SMILES string of the molecule is CCCC[As+](CCC)(CCCC)CCCC. The Hall–Kier alpha value is 0.558. The van der Waals surface area contributed by atoms with Crippen molar-refractivity contribution >= 4 is 13.6 Å². The molecule has 0 atom stereocenters.